The van der Waals surface area contributed by atoms with Crippen LogP contribution in [-0.2, 0) is 9.47 Å². The number of nitrogens with one attached hydrogen (secondary N) is 1. The quantitative estimate of drug-likeness (QED) is 0.613. The van der Waals surface area contributed by atoms with Crippen molar-refractivity contribution in [2.45, 2.75) is 51.9 Å². The molecule has 188 valence electrons. The van der Waals surface area contributed by atoms with Gasteiger partial charge < -0.3 is 19.7 Å². The molecule has 1 amide bonds. The zero-order valence-electron chi connectivity index (χ0n) is 20.2. The van der Waals surface area contributed by atoms with Crippen molar-refractivity contribution in [1.82, 2.24) is 15.3 Å². The van der Waals surface area contributed by atoms with Gasteiger partial charge in [0.05, 0.1) is 36.2 Å². The Morgan fingerprint density at radius 1 is 1.17 bits per heavy atom. The first-order valence-electron chi connectivity index (χ1n) is 12.4. The Bertz CT molecular complexity index is 1050. The van der Waals surface area contributed by atoms with Crippen LogP contribution >= 0.6 is 11.6 Å². The Hall–Kier alpha value is -2.29. The molecular formula is C26H32ClFN4O3. The fourth-order valence-corrected chi connectivity index (χ4v) is 5.17. The molecule has 3 heterocycles. The standard InChI is InChI=1S/C26H32ClFN4O3/c1-16(17-7-9-32(10-8-17)25-29-12-19(27)13-30-25)26(2)14-34-24(35-15-26)18-3-6-21(22(28)11-18)23(33)31-20-4-5-20/h3,6,11-13,16-17,20,24H,4-5,7-10,14-15H2,1-2H3,(H,31,33). The molecule has 1 N–H and O–H groups in total. The van der Waals surface area contributed by atoms with Crippen molar-refractivity contribution >= 4 is 23.5 Å². The lowest BCUT2D eigenvalue weighted by atomic mass is 9.69. The summed E-state index contributed by atoms with van der Waals surface area (Å²) in [7, 11) is 0. The van der Waals surface area contributed by atoms with E-state index in [9.17, 15) is 9.18 Å². The molecule has 1 aromatic heterocycles. The Balaban J connectivity index is 1.15. The van der Waals surface area contributed by atoms with Crippen molar-refractivity contribution in [3.05, 3.63) is 52.6 Å². The molecule has 1 atom stereocenters. The molecule has 3 aliphatic rings. The molecule has 9 heteroatoms. The minimum Gasteiger partial charge on any atom is -0.349 e. The molecule has 7 nitrogen and oxygen atoms in total. The van der Waals surface area contributed by atoms with Gasteiger partial charge in [-0.05, 0) is 49.7 Å². The molecule has 2 saturated heterocycles. The first-order valence-corrected chi connectivity index (χ1v) is 12.8. The van der Waals surface area contributed by atoms with E-state index in [1.54, 1.807) is 18.5 Å². The first kappa shape index (κ1) is 24.4. The lowest BCUT2D eigenvalue weighted by Crippen LogP contribution is -2.46. The van der Waals surface area contributed by atoms with E-state index in [2.05, 4.69) is 34.0 Å². The summed E-state index contributed by atoms with van der Waals surface area (Å²) in [6, 6.07) is 4.77. The van der Waals surface area contributed by atoms with Crippen molar-refractivity contribution < 1.29 is 18.7 Å². The average Bonchev–Trinajstić information content (AvgIpc) is 3.68. The second kappa shape index (κ2) is 9.99. The summed E-state index contributed by atoms with van der Waals surface area (Å²) in [5.41, 5.74) is 0.518. The number of anilines is 1. The SMILES string of the molecule is CC(C1CCN(c2ncc(Cl)cn2)CC1)C1(C)COC(c2ccc(C(=O)NC3CC3)c(F)c2)OC1. The van der Waals surface area contributed by atoms with Gasteiger partial charge in [-0.3, -0.25) is 4.79 Å². The molecule has 1 aliphatic carbocycles. The lowest BCUT2D eigenvalue weighted by molar-refractivity contribution is -0.244. The number of carbonyl (C=O) groups is 1. The number of hydrogen-bond donors (Lipinski definition) is 1. The van der Waals surface area contributed by atoms with Crippen LogP contribution in [0.3, 0.4) is 0 Å². The summed E-state index contributed by atoms with van der Waals surface area (Å²) in [4.78, 5) is 23.1. The number of nitrogens with zero attached hydrogens (tertiary/aromatic N) is 3. The summed E-state index contributed by atoms with van der Waals surface area (Å²) in [6.07, 6.45) is 6.65. The largest absolute Gasteiger partial charge is 0.349 e. The summed E-state index contributed by atoms with van der Waals surface area (Å²) >= 11 is 5.91. The van der Waals surface area contributed by atoms with E-state index in [0.29, 0.717) is 35.6 Å². The van der Waals surface area contributed by atoms with Gasteiger partial charge in [0.25, 0.3) is 5.91 Å². The van der Waals surface area contributed by atoms with Crippen LogP contribution in [0.5, 0.6) is 0 Å². The van der Waals surface area contributed by atoms with Gasteiger partial charge in [0.2, 0.25) is 5.95 Å². The van der Waals surface area contributed by atoms with Crippen molar-refractivity contribution in [1.29, 1.82) is 0 Å². The fraction of sp³-hybridized carbons (Fsp3) is 0.577. The van der Waals surface area contributed by atoms with Gasteiger partial charge in [0.1, 0.15) is 5.82 Å². The molecule has 0 radical (unpaired) electrons. The fourth-order valence-electron chi connectivity index (χ4n) is 5.07. The molecule has 2 aromatic rings. The number of halogens is 2. The van der Waals surface area contributed by atoms with E-state index in [4.69, 9.17) is 21.1 Å². The first-order chi connectivity index (χ1) is 16.8. The summed E-state index contributed by atoms with van der Waals surface area (Å²) in [6.45, 7) is 7.34. The minimum absolute atomic E-state index is 0.0604. The van der Waals surface area contributed by atoms with Crippen LogP contribution in [0, 0.1) is 23.1 Å². The summed E-state index contributed by atoms with van der Waals surface area (Å²) in [5.74, 6) is 0.737. The maximum atomic E-state index is 14.6. The van der Waals surface area contributed by atoms with Gasteiger partial charge in [-0.25, -0.2) is 14.4 Å². The predicted molar refractivity (Wildman–Crippen MR) is 131 cm³/mol. The van der Waals surface area contributed by atoms with Gasteiger partial charge in [0.15, 0.2) is 6.29 Å². The minimum atomic E-state index is -0.630. The molecule has 0 spiro atoms. The zero-order chi connectivity index (χ0) is 24.6. The van der Waals surface area contributed by atoms with Crippen molar-refractivity contribution in [2.75, 3.05) is 31.2 Å². The maximum absolute atomic E-state index is 14.6. The van der Waals surface area contributed by atoms with Crippen LogP contribution in [0.15, 0.2) is 30.6 Å². The van der Waals surface area contributed by atoms with E-state index in [1.807, 2.05) is 0 Å². The molecule has 35 heavy (non-hydrogen) atoms. The maximum Gasteiger partial charge on any atom is 0.254 e. The van der Waals surface area contributed by atoms with E-state index in [-0.39, 0.29) is 22.9 Å². The monoisotopic (exact) mass is 502 g/mol. The number of carbonyl (C=O) groups excluding carboxylic acids is 1. The topological polar surface area (TPSA) is 76.6 Å². The van der Waals surface area contributed by atoms with E-state index >= 15 is 0 Å². The highest BCUT2D eigenvalue weighted by Gasteiger charge is 2.42. The Morgan fingerprint density at radius 3 is 2.43 bits per heavy atom. The highest BCUT2D eigenvalue weighted by molar-refractivity contribution is 6.30. The van der Waals surface area contributed by atoms with Crippen molar-refractivity contribution in [3.63, 3.8) is 0 Å². The predicted octanol–water partition coefficient (Wildman–Crippen LogP) is 4.77. The molecule has 2 aliphatic heterocycles. The smallest absolute Gasteiger partial charge is 0.254 e. The number of piperidine rings is 1. The highest BCUT2D eigenvalue weighted by Crippen LogP contribution is 2.43. The molecule has 1 aromatic carbocycles. The number of hydrogen-bond acceptors (Lipinski definition) is 6. The Labute approximate surface area is 210 Å². The number of aromatic nitrogens is 2. The molecule has 3 fully saturated rings. The van der Waals surface area contributed by atoms with E-state index in [1.165, 1.54) is 12.1 Å². The highest BCUT2D eigenvalue weighted by atomic mass is 35.5. The molecule has 5 rings (SSSR count). The van der Waals surface area contributed by atoms with Gasteiger partial charge in [-0.15, -0.1) is 0 Å². The van der Waals surface area contributed by atoms with Crippen LogP contribution < -0.4 is 10.2 Å². The van der Waals surface area contributed by atoms with E-state index in [0.717, 1.165) is 44.7 Å². The molecule has 1 unspecified atom stereocenters. The second-order valence-corrected chi connectivity index (χ2v) is 10.8. The van der Waals surface area contributed by atoms with Crippen molar-refractivity contribution in [3.8, 4) is 0 Å². The lowest BCUT2D eigenvalue weighted by Gasteiger charge is -2.46. The third kappa shape index (κ3) is 5.44. The van der Waals surface area contributed by atoms with Crippen LogP contribution in [0.1, 0.15) is 61.7 Å². The molecule has 1 saturated carbocycles. The number of benzene rings is 1. The van der Waals surface area contributed by atoms with Crippen LogP contribution in [0.4, 0.5) is 10.3 Å². The molecule has 0 bridgehead atoms. The Kier molecular flexibility index (Phi) is 6.97. The summed E-state index contributed by atoms with van der Waals surface area (Å²) in [5, 5.41) is 3.36. The zero-order valence-corrected chi connectivity index (χ0v) is 20.9. The number of ether oxygens (including phenoxy) is 2. The number of amides is 1. The van der Waals surface area contributed by atoms with E-state index < -0.39 is 12.1 Å². The van der Waals surface area contributed by atoms with Crippen LogP contribution in [0.2, 0.25) is 5.02 Å². The second-order valence-electron chi connectivity index (χ2n) is 10.4. The third-order valence-electron chi connectivity index (χ3n) is 7.79. The van der Waals surface area contributed by atoms with Gasteiger partial charge in [-0.2, -0.15) is 0 Å². The normalized spacial score (nSPS) is 26.4. The summed E-state index contributed by atoms with van der Waals surface area (Å²) < 4.78 is 26.8. The van der Waals surface area contributed by atoms with Gasteiger partial charge in [-0.1, -0.05) is 31.5 Å². The van der Waals surface area contributed by atoms with Gasteiger partial charge >= 0.3 is 0 Å². The Morgan fingerprint density at radius 2 is 1.83 bits per heavy atom. The average molecular weight is 503 g/mol. The van der Waals surface area contributed by atoms with Crippen LogP contribution in [-0.4, -0.2) is 48.2 Å². The van der Waals surface area contributed by atoms with Crippen molar-refractivity contribution in [2.24, 2.45) is 17.3 Å². The molecular weight excluding hydrogens is 471 g/mol. The van der Waals surface area contributed by atoms with Crippen LogP contribution in [0.25, 0.3) is 0 Å². The number of rotatable bonds is 6. The third-order valence-corrected chi connectivity index (χ3v) is 7.98. The van der Waals surface area contributed by atoms with Gasteiger partial charge in [0, 0.05) is 30.1 Å².